The largest absolute Gasteiger partial charge is 0.461 e. The maximum absolute atomic E-state index is 11.6. The van der Waals surface area contributed by atoms with Crippen molar-refractivity contribution in [2.24, 2.45) is 0 Å². The lowest BCUT2D eigenvalue weighted by Gasteiger charge is -2.04. The minimum Gasteiger partial charge on any atom is -0.461 e. The van der Waals surface area contributed by atoms with Gasteiger partial charge in [-0.1, -0.05) is 128 Å². The third-order valence-electron chi connectivity index (χ3n) is 5.63. The number of ether oxygens (including phenoxy) is 1. The molecule has 0 bridgehead atoms. The lowest BCUT2D eigenvalue weighted by molar-refractivity contribution is 0.0486. The van der Waals surface area contributed by atoms with Crippen LogP contribution in [0.2, 0.25) is 0 Å². The third kappa shape index (κ3) is 16.2. The van der Waals surface area contributed by atoms with E-state index in [0.717, 1.165) is 12.8 Å². The Morgan fingerprint density at radius 1 is 0.724 bits per heavy atom. The zero-order valence-corrected chi connectivity index (χ0v) is 19.0. The number of nitrogens with zero attached hydrogens (tertiary/aromatic N) is 1. The van der Waals surface area contributed by atoms with Crippen LogP contribution in [0.1, 0.15) is 139 Å². The maximum Gasteiger partial charge on any atom is 0.360 e. The first-order chi connectivity index (χ1) is 14.3. The highest BCUT2D eigenvalue weighted by Gasteiger charge is 2.09. The van der Waals surface area contributed by atoms with Crippen LogP contribution in [0.5, 0.6) is 0 Å². The molecule has 1 heterocycles. The average molecular weight is 408 g/mol. The third-order valence-corrected chi connectivity index (χ3v) is 5.63. The molecule has 0 aromatic carbocycles. The van der Waals surface area contributed by atoms with E-state index in [-0.39, 0.29) is 11.7 Å². The van der Waals surface area contributed by atoms with E-state index in [1.807, 2.05) is 0 Å². The molecular formula is C25H45NO3. The Morgan fingerprint density at radius 2 is 1.14 bits per heavy atom. The second-order valence-corrected chi connectivity index (χ2v) is 8.38. The lowest BCUT2D eigenvalue weighted by atomic mass is 10.0. The number of carbonyl (C=O) groups is 1. The van der Waals surface area contributed by atoms with E-state index in [0.29, 0.717) is 6.61 Å². The molecule has 1 rings (SSSR count). The van der Waals surface area contributed by atoms with E-state index >= 15 is 0 Å². The second kappa shape index (κ2) is 20.0. The van der Waals surface area contributed by atoms with Crippen LogP contribution in [0.15, 0.2) is 16.9 Å². The van der Waals surface area contributed by atoms with Crippen molar-refractivity contribution in [2.45, 2.75) is 129 Å². The molecule has 0 aliphatic heterocycles. The molecule has 0 atom stereocenters. The van der Waals surface area contributed by atoms with E-state index in [1.54, 1.807) is 0 Å². The molecule has 0 N–H and O–H groups in total. The summed E-state index contributed by atoms with van der Waals surface area (Å²) in [5.41, 5.74) is 0.253. The first-order valence-electron chi connectivity index (χ1n) is 12.4. The number of unbranched alkanes of at least 4 members (excludes halogenated alkanes) is 18. The van der Waals surface area contributed by atoms with Crippen molar-refractivity contribution in [3.63, 3.8) is 0 Å². The minimum absolute atomic E-state index is 0.253. The summed E-state index contributed by atoms with van der Waals surface area (Å²) in [4.78, 5) is 11.6. The van der Waals surface area contributed by atoms with E-state index in [1.165, 1.54) is 121 Å². The summed E-state index contributed by atoms with van der Waals surface area (Å²) in [5.74, 6) is -0.388. The molecule has 168 valence electrons. The normalized spacial score (nSPS) is 11.1. The van der Waals surface area contributed by atoms with Crippen LogP contribution in [-0.4, -0.2) is 17.7 Å². The van der Waals surface area contributed by atoms with Crippen LogP contribution < -0.4 is 0 Å². The van der Waals surface area contributed by atoms with Crippen molar-refractivity contribution >= 4 is 5.97 Å². The number of carbonyl (C=O) groups excluding carboxylic acids is 1. The summed E-state index contributed by atoms with van der Waals surface area (Å²) >= 11 is 0. The Morgan fingerprint density at radius 3 is 1.52 bits per heavy atom. The van der Waals surface area contributed by atoms with Crippen LogP contribution in [-0.2, 0) is 4.74 Å². The van der Waals surface area contributed by atoms with E-state index in [9.17, 15) is 4.79 Å². The molecule has 0 aliphatic rings. The van der Waals surface area contributed by atoms with Crippen molar-refractivity contribution in [3.05, 3.63) is 18.0 Å². The topological polar surface area (TPSA) is 52.3 Å². The molecule has 0 amide bonds. The highest BCUT2D eigenvalue weighted by atomic mass is 16.5. The van der Waals surface area contributed by atoms with Crippen LogP contribution in [0.25, 0.3) is 0 Å². The molecule has 0 unspecified atom stereocenters. The zero-order valence-electron chi connectivity index (χ0n) is 19.0. The summed E-state index contributed by atoms with van der Waals surface area (Å²) in [6.45, 7) is 2.76. The number of hydrogen-bond donors (Lipinski definition) is 0. The Labute approximate surface area is 179 Å². The van der Waals surface area contributed by atoms with Crippen molar-refractivity contribution in [1.82, 2.24) is 5.16 Å². The molecule has 0 fully saturated rings. The molecule has 1 aromatic rings. The molecule has 0 spiro atoms. The predicted molar refractivity (Wildman–Crippen MR) is 120 cm³/mol. The van der Waals surface area contributed by atoms with Gasteiger partial charge in [-0.05, 0) is 6.42 Å². The van der Waals surface area contributed by atoms with Gasteiger partial charge in [0.25, 0.3) is 0 Å². The summed E-state index contributed by atoms with van der Waals surface area (Å²) < 4.78 is 9.79. The fourth-order valence-electron chi connectivity index (χ4n) is 3.74. The highest BCUT2D eigenvalue weighted by molar-refractivity contribution is 5.86. The number of esters is 1. The number of hydrogen-bond acceptors (Lipinski definition) is 4. The van der Waals surface area contributed by atoms with E-state index < -0.39 is 0 Å². The summed E-state index contributed by atoms with van der Waals surface area (Å²) in [6.07, 6.45) is 27.3. The van der Waals surface area contributed by atoms with Gasteiger partial charge in [-0.15, -0.1) is 0 Å². The van der Waals surface area contributed by atoms with Gasteiger partial charge in [0.05, 0.1) is 6.61 Å². The van der Waals surface area contributed by atoms with Crippen LogP contribution in [0.3, 0.4) is 0 Å². The predicted octanol–water partition coefficient (Wildman–Crippen LogP) is 8.26. The van der Waals surface area contributed by atoms with Gasteiger partial charge in [0.15, 0.2) is 5.69 Å². The quantitative estimate of drug-likeness (QED) is 0.152. The Bertz CT molecular complexity index is 459. The maximum atomic E-state index is 11.6. The number of rotatable bonds is 21. The van der Waals surface area contributed by atoms with Gasteiger partial charge in [0, 0.05) is 6.07 Å². The first kappa shape index (κ1) is 25.7. The molecule has 29 heavy (non-hydrogen) atoms. The summed E-state index contributed by atoms with van der Waals surface area (Å²) in [5, 5.41) is 3.57. The lowest BCUT2D eigenvalue weighted by Crippen LogP contribution is -2.06. The molecule has 0 radical (unpaired) electrons. The van der Waals surface area contributed by atoms with Gasteiger partial charge in [0.2, 0.25) is 0 Å². The molecule has 4 heteroatoms. The van der Waals surface area contributed by atoms with E-state index in [2.05, 4.69) is 16.6 Å². The first-order valence-corrected chi connectivity index (χ1v) is 12.4. The highest BCUT2D eigenvalue weighted by Crippen LogP contribution is 2.14. The van der Waals surface area contributed by atoms with Crippen molar-refractivity contribution in [2.75, 3.05) is 6.61 Å². The SMILES string of the molecule is CCCCCCCCCCCCCCCCCCCCCOC(=O)c1ccon1. The molecule has 0 aliphatic carbocycles. The Balaban J connectivity index is 1.68. The van der Waals surface area contributed by atoms with Crippen LogP contribution in [0, 0.1) is 0 Å². The smallest absolute Gasteiger partial charge is 0.360 e. The van der Waals surface area contributed by atoms with Gasteiger partial charge in [-0.2, -0.15) is 0 Å². The molecule has 1 aromatic heterocycles. The van der Waals surface area contributed by atoms with Gasteiger partial charge in [0.1, 0.15) is 6.26 Å². The Kier molecular flexibility index (Phi) is 17.7. The monoisotopic (exact) mass is 407 g/mol. The van der Waals surface area contributed by atoms with Gasteiger partial charge in [-0.25, -0.2) is 4.79 Å². The molecule has 4 nitrogen and oxygen atoms in total. The summed E-state index contributed by atoms with van der Waals surface area (Å²) in [6, 6.07) is 1.53. The van der Waals surface area contributed by atoms with Crippen molar-refractivity contribution < 1.29 is 14.1 Å². The minimum atomic E-state index is -0.388. The standard InChI is InChI=1S/C25H45NO3/c1-2-3-4-5-6-7-8-9-10-11-12-13-14-15-16-17-18-19-20-22-28-25(27)24-21-23-29-26-24/h21,23H,2-20,22H2,1H3. The van der Waals surface area contributed by atoms with Gasteiger partial charge >= 0.3 is 5.97 Å². The fourth-order valence-corrected chi connectivity index (χ4v) is 3.74. The van der Waals surface area contributed by atoms with Crippen LogP contribution >= 0.6 is 0 Å². The average Bonchev–Trinajstić information content (AvgIpc) is 3.27. The van der Waals surface area contributed by atoms with Gasteiger partial charge < -0.3 is 9.26 Å². The number of aromatic nitrogens is 1. The fraction of sp³-hybridized carbons (Fsp3) is 0.840. The van der Waals surface area contributed by atoms with Crippen LogP contribution in [0.4, 0.5) is 0 Å². The molecule has 0 saturated carbocycles. The summed E-state index contributed by atoms with van der Waals surface area (Å²) in [7, 11) is 0. The second-order valence-electron chi connectivity index (χ2n) is 8.38. The van der Waals surface area contributed by atoms with E-state index in [4.69, 9.17) is 4.74 Å². The van der Waals surface area contributed by atoms with Gasteiger partial charge in [-0.3, -0.25) is 0 Å². The molecule has 0 saturated heterocycles. The van der Waals surface area contributed by atoms with Crippen molar-refractivity contribution in [3.8, 4) is 0 Å². The Hall–Kier alpha value is -1.32. The molecular weight excluding hydrogens is 362 g/mol. The zero-order chi connectivity index (χ0) is 20.8. The van der Waals surface area contributed by atoms with Crippen molar-refractivity contribution in [1.29, 1.82) is 0 Å².